The summed E-state index contributed by atoms with van der Waals surface area (Å²) in [6, 6.07) is 18.9. The molecule has 1 aliphatic rings. The highest BCUT2D eigenvalue weighted by Crippen LogP contribution is 2.39. The van der Waals surface area contributed by atoms with Gasteiger partial charge in [0.15, 0.2) is 0 Å². The van der Waals surface area contributed by atoms with Crippen molar-refractivity contribution in [2.75, 3.05) is 0 Å². The van der Waals surface area contributed by atoms with Crippen LogP contribution in [0, 0.1) is 0 Å². The maximum Gasteiger partial charge on any atom is 0.261 e. The van der Waals surface area contributed by atoms with E-state index in [9.17, 15) is 9.59 Å². The monoisotopic (exact) mass is 306 g/mol. The van der Waals surface area contributed by atoms with Crippen LogP contribution in [-0.4, -0.2) is 23.0 Å². The molecule has 0 N–H and O–H groups in total. The van der Waals surface area contributed by atoms with Gasteiger partial charge < -0.3 is 0 Å². The zero-order valence-electron chi connectivity index (χ0n) is 13.0. The van der Waals surface area contributed by atoms with Crippen LogP contribution in [0.5, 0.6) is 0 Å². The first-order valence-corrected chi connectivity index (χ1v) is 7.69. The van der Waals surface area contributed by atoms with Gasteiger partial charge in [0.1, 0.15) is 0 Å². The minimum absolute atomic E-state index is 0.165. The molecule has 4 nitrogen and oxygen atoms in total. The first-order valence-electron chi connectivity index (χ1n) is 7.69. The van der Waals surface area contributed by atoms with E-state index in [0.717, 1.165) is 16.1 Å². The number of imide groups is 1. The Morgan fingerprint density at radius 1 is 1.04 bits per heavy atom. The second-order valence-electron chi connectivity index (χ2n) is 5.64. The third-order valence-corrected chi connectivity index (χ3v) is 4.34. The number of carbonyl (C=O) groups is 2. The third kappa shape index (κ3) is 2.68. The molecule has 0 bridgehead atoms. The Kier molecular flexibility index (Phi) is 4.06. The quantitative estimate of drug-likeness (QED) is 0.643. The van der Waals surface area contributed by atoms with Crippen LogP contribution >= 0.6 is 0 Å². The summed E-state index contributed by atoms with van der Waals surface area (Å²) >= 11 is 0. The molecule has 0 unspecified atom stereocenters. The predicted molar refractivity (Wildman–Crippen MR) is 88.9 cm³/mol. The lowest BCUT2D eigenvalue weighted by Gasteiger charge is -2.24. The summed E-state index contributed by atoms with van der Waals surface area (Å²) in [5.41, 5.74) is 0.923. The average molecular weight is 306 g/mol. The summed E-state index contributed by atoms with van der Waals surface area (Å²) in [5, 5.41) is 5.15. The standard InChI is InChI=1S/C19H18N2O2/c1-2-19(16-11-7-4-8-12-16)13-17(22)21(18(19)23)20-14-15-9-5-3-6-10-15/h3-12,14H,2,13H2,1H3/b20-14-/t19-/m0/s1. The van der Waals surface area contributed by atoms with Gasteiger partial charge >= 0.3 is 0 Å². The first kappa shape index (κ1) is 15.2. The van der Waals surface area contributed by atoms with Crippen LogP contribution in [0.25, 0.3) is 0 Å². The number of benzene rings is 2. The molecular formula is C19H18N2O2. The Morgan fingerprint density at radius 3 is 2.26 bits per heavy atom. The van der Waals surface area contributed by atoms with Gasteiger partial charge in [0, 0.05) is 6.42 Å². The van der Waals surface area contributed by atoms with Crippen LogP contribution < -0.4 is 0 Å². The van der Waals surface area contributed by atoms with E-state index in [1.165, 1.54) is 0 Å². The largest absolute Gasteiger partial charge is 0.272 e. The maximum absolute atomic E-state index is 12.9. The second-order valence-corrected chi connectivity index (χ2v) is 5.64. The minimum atomic E-state index is -0.799. The Bertz CT molecular complexity index is 740. The fourth-order valence-corrected chi connectivity index (χ4v) is 2.97. The smallest absolute Gasteiger partial charge is 0.261 e. The summed E-state index contributed by atoms with van der Waals surface area (Å²) in [6.45, 7) is 1.93. The number of carbonyl (C=O) groups excluding carboxylic acids is 2. The van der Waals surface area contributed by atoms with E-state index >= 15 is 0 Å². The van der Waals surface area contributed by atoms with Gasteiger partial charge in [-0.1, -0.05) is 67.6 Å². The van der Waals surface area contributed by atoms with Gasteiger partial charge in [-0.3, -0.25) is 9.59 Å². The number of hydrogen-bond donors (Lipinski definition) is 0. The number of rotatable bonds is 4. The number of hydrogen-bond acceptors (Lipinski definition) is 3. The lowest BCUT2D eigenvalue weighted by atomic mass is 9.77. The molecule has 0 saturated carbocycles. The molecule has 0 spiro atoms. The highest BCUT2D eigenvalue weighted by Gasteiger charge is 2.51. The van der Waals surface area contributed by atoms with Crippen molar-refractivity contribution in [1.29, 1.82) is 0 Å². The summed E-state index contributed by atoms with van der Waals surface area (Å²) in [6.07, 6.45) is 2.28. The van der Waals surface area contributed by atoms with Crippen molar-refractivity contribution in [3.63, 3.8) is 0 Å². The Morgan fingerprint density at radius 2 is 1.65 bits per heavy atom. The van der Waals surface area contributed by atoms with E-state index in [-0.39, 0.29) is 18.2 Å². The molecular weight excluding hydrogens is 288 g/mol. The van der Waals surface area contributed by atoms with Crippen molar-refractivity contribution < 1.29 is 9.59 Å². The van der Waals surface area contributed by atoms with Crippen molar-refractivity contribution in [2.45, 2.75) is 25.2 Å². The van der Waals surface area contributed by atoms with Gasteiger partial charge in [-0.25, -0.2) is 0 Å². The van der Waals surface area contributed by atoms with Crippen LogP contribution in [0.4, 0.5) is 0 Å². The molecule has 3 rings (SSSR count). The number of amides is 2. The molecule has 4 heteroatoms. The van der Waals surface area contributed by atoms with Crippen LogP contribution in [0.2, 0.25) is 0 Å². The normalized spacial score (nSPS) is 21.3. The zero-order chi connectivity index (χ0) is 16.3. The highest BCUT2D eigenvalue weighted by atomic mass is 16.2. The van der Waals surface area contributed by atoms with E-state index in [1.54, 1.807) is 6.21 Å². The lowest BCUT2D eigenvalue weighted by Crippen LogP contribution is -2.35. The van der Waals surface area contributed by atoms with Crippen LogP contribution in [-0.2, 0) is 15.0 Å². The SMILES string of the molecule is CC[C@@]1(c2ccccc2)CC(=O)N(/N=C\c2ccccc2)C1=O. The Labute approximate surface area is 135 Å². The van der Waals surface area contributed by atoms with Crippen molar-refractivity contribution >= 4 is 18.0 Å². The molecule has 0 aromatic heterocycles. The van der Waals surface area contributed by atoms with E-state index < -0.39 is 5.41 Å². The van der Waals surface area contributed by atoms with Gasteiger partial charge in [0.2, 0.25) is 0 Å². The molecule has 1 heterocycles. The fraction of sp³-hybridized carbons (Fsp3) is 0.211. The van der Waals surface area contributed by atoms with E-state index in [4.69, 9.17) is 0 Å². The Balaban J connectivity index is 1.92. The van der Waals surface area contributed by atoms with Gasteiger partial charge in [0.05, 0.1) is 11.6 Å². The van der Waals surface area contributed by atoms with Gasteiger partial charge in [-0.15, -0.1) is 0 Å². The van der Waals surface area contributed by atoms with Crippen molar-refractivity contribution in [3.8, 4) is 0 Å². The first-order chi connectivity index (χ1) is 11.2. The molecule has 1 saturated heterocycles. The van der Waals surface area contributed by atoms with Crippen molar-refractivity contribution in [3.05, 3.63) is 71.8 Å². The summed E-state index contributed by atoms with van der Waals surface area (Å²) in [7, 11) is 0. The van der Waals surface area contributed by atoms with Crippen molar-refractivity contribution in [1.82, 2.24) is 5.01 Å². The summed E-state index contributed by atoms with van der Waals surface area (Å²) in [5.74, 6) is -0.503. The molecule has 2 aromatic rings. The molecule has 1 atom stereocenters. The minimum Gasteiger partial charge on any atom is -0.272 e. The number of hydrazone groups is 1. The molecule has 116 valence electrons. The second kappa shape index (κ2) is 6.16. The average Bonchev–Trinajstić information content (AvgIpc) is 2.86. The predicted octanol–water partition coefficient (Wildman–Crippen LogP) is 3.13. The molecule has 0 radical (unpaired) electrons. The molecule has 23 heavy (non-hydrogen) atoms. The van der Waals surface area contributed by atoms with Crippen LogP contribution in [0.15, 0.2) is 65.8 Å². The maximum atomic E-state index is 12.9. The number of nitrogens with zero attached hydrogens (tertiary/aromatic N) is 2. The summed E-state index contributed by atoms with van der Waals surface area (Å²) < 4.78 is 0. The zero-order valence-corrected chi connectivity index (χ0v) is 13.0. The van der Waals surface area contributed by atoms with Crippen LogP contribution in [0.3, 0.4) is 0 Å². The fourth-order valence-electron chi connectivity index (χ4n) is 2.97. The van der Waals surface area contributed by atoms with E-state index in [0.29, 0.717) is 6.42 Å². The summed E-state index contributed by atoms with van der Waals surface area (Å²) in [4.78, 5) is 25.2. The van der Waals surface area contributed by atoms with E-state index in [2.05, 4.69) is 5.10 Å². The molecule has 1 aliphatic heterocycles. The van der Waals surface area contributed by atoms with Crippen LogP contribution in [0.1, 0.15) is 30.9 Å². The third-order valence-electron chi connectivity index (χ3n) is 4.34. The molecule has 2 amide bonds. The van der Waals surface area contributed by atoms with Gasteiger partial charge in [0.25, 0.3) is 11.8 Å². The lowest BCUT2D eigenvalue weighted by molar-refractivity contribution is -0.139. The highest BCUT2D eigenvalue weighted by molar-refractivity contribution is 6.09. The Hall–Kier alpha value is -2.75. The molecule has 1 fully saturated rings. The molecule has 0 aliphatic carbocycles. The van der Waals surface area contributed by atoms with Gasteiger partial charge in [-0.2, -0.15) is 10.1 Å². The topological polar surface area (TPSA) is 49.7 Å². The van der Waals surface area contributed by atoms with E-state index in [1.807, 2.05) is 67.6 Å². The molecule has 2 aromatic carbocycles. The van der Waals surface area contributed by atoms with Crippen molar-refractivity contribution in [2.24, 2.45) is 5.10 Å². The van der Waals surface area contributed by atoms with Gasteiger partial charge in [-0.05, 0) is 17.5 Å².